The highest BCUT2D eigenvalue weighted by Crippen LogP contribution is 2.31. The molecule has 1 fully saturated rings. The number of pyridine rings is 2. The molecule has 4 rings (SSSR count). The number of nitrogens with zero attached hydrogens (tertiary/aromatic N) is 5. The summed E-state index contributed by atoms with van der Waals surface area (Å²) in [6, 6.07) is 7.51. The van der Waals surface area contributed by atoms with Crippen LogP contribution in [0, 0.1) is 11.3 Å². The molecule has 1 saturated heterocycles. The van der Waals surface area contributed by atoms with Crippen LogP contribution >= 0.6 is 0 Å². The van der Waals surface area contributed by atoms with E-state index in [0.717, 1.165) is 11.4 Å². The fraction of sp³-hybridized carbons (Fsp3) is 0.300. The standard InChI is InChI=1S/C20H20N6O3/c1-20(24-19(28)29)4-6-25(7-5-20)17-3-2-13(10-22-17)16-8-15(27)12-26-18(16)14(9-21)11-23-26/h2-3,8,10-12,24,27H,4-7H2,1H3,(H,28,29). The molecule has 3 aromatic rings. The van der Waals surface area contributed by atoms with E-state index in [0.29, 0.717) is 42.6 Å². The molecule has 4 heterocycles. The van der Waals surface area contributed by atoms with Crippen LogP contribution in [0.3, 0.4) is 0 Å². The number of anilines is 1. The number of hydrogen-bond donors (Lipinski definition) is 3. The number of rotatable bonds is 3. The van der Waals surface area contributed by atoms with E-state index >= 15 is 0 Å². The van der Waals surface area contributed by atoms with Gasteiger partial charge in [0.2, 0.25) is 0 Å². The van der Waals surface area contributed by atoms with Crippen molar-refractivity contribution in [2.24, 2.45) is 0 Å². The number of piperidine rings is 1. The number of hydrogen-bond acceptors (Lipinski definition) is 6. The molecular formula is C20H20N6O3. The highest BCUT2D eigenvalue weighted by molar-refractivity contribution is 5.85. The molecule has 0 aliphatic carbocycles. The Balaban J connectivity index is 1.59. The summed E-state index contributed by atoms with van der Waals surface area (Å²) in [7, 11) is 0. The van der Waals surface area contributed by atoms with Gasteiger partial charge in [-0.25, -0.2) is 14.3 Å². The average molecular weight is 392 g/mol. The lowest BCUT2D eigenvalue weighted by Crippen LogP contribution is -2.53. The van der Waals surface area contributed by atoms with Gasteiger partial charge in [-0.05, 0) is 38.0 Å². The lowest BCUT2D eigenvalue weighted by molar-refractivity contribution is 0.173. The molecule has 0 unspecified atom stereocenters. The molecule has 1 aliphatic rings. The van der Waals surface area contributed by atoms with Crippen LogP contribution in [0.4, 0.5) is 10.6 Å². The molecule has 148 valence electrons. The lowest BCUT2D eigenvalue weighted by Gasteiger charge is -2.39. The van der Waals surface area contributed by atoms with Crippen LogP contribution in [0.15, 0.2) is 36.8 Å². The number of nitriles is 1. The van der Waals surface area contributed by atoms with Gasteiger partial charge < -0.3 is 20.4 Å². The topological polar surface area (TPSA) is 127 Å². The Kier molecular flexibility index (Phi) is 4.47. The molecule has 0 radical (unpaired) electrons. The van der Waals surface area contributed by atoms with Crippen molar-refractivity contribution in [2.75, 3.05) is 18.0 Å². The summed E-state index contributed by atoms with van der Waals surface area (Å²) in [6.07, 6.45) is 5.01. The first-order chi connectivity index (χ1) is 13.9. The van der Waals surface area contributed by atoms with Gasteiger partial charge >= 0.3 is 6.09 Å². The van der Waals surface area contributed by atoms with E-state index in [4.69, 9.17) is 5.11 Å². The zero-order valence-electron chi connectivity index (χ0n) is 15.8. The molecule has 29 heavy (non-hydrogen) atoms. The summed E-state index contributed by atoms with van der Waals surface area (Å²) >= 11 is 0. The van der Waals surface area contributed by atoms with Crippen molar-refractivity contribution in [3.63, 3.8) is 0 Å². The Bertz CT molecular complexity index is 1110. The molecule has 1 amide bonds. The first-order valence-electron chi connectivity index (χ1n) is 9.21. The summed E-state index contributed by atoms with van der Waals surface area (Å²) in [4.78, 5) is 17.6. The van der Waals surface area contributed by atoms with Gasteiger partial charge in [-0.1, -0.05) is 0 Å². The number of carboxylic acid groups (broad SMARTS) is 1. The van der Waals surface area contributed by atoms with Crippen LogP contribution in [-0.4, -0.2) is 49.5 Å². The van der Waals surface area contributed by atoms with Gasteiger partial charge in [-0.3, -0.25) is 0 Å². The maximum absolute atomic E-state index is 11.0. The highest BCUT2D eigenvalue weighted by Gasteiger charge is 2.31. The van der Waals surface area contributed by atoms with Gasteiger partial charge in [-0.2, -0.15) is 10.4 Å². The van der Waals surface area contributed by atoms with E-state index in [9.17, 15) is 15.2 Å². The summed E-state index contributed by atoms with van der Waals surface area (Å²) in [5, 5.41) is 35.1. The fourth-order valence-corrected chi connectivity index (χ4v) is 3.75. The Morgan fingerprint density at radius 3 is 2.69 bits per heavy atom. The summed E-state index contributed by atoms with van der Waals surface area (Å²) in [6.45, 7) is 3.31. The number of nitrogens with one attached hydrogen (secondary N) is 1. The second-order valence-corrected chi connectivity index (χ2v) is 7.46. The first-order valence-corrected chi connectivity index (χ1v) is 9.21. The smallest absolute Gasteiger partial charge is 0.405 e. The maximum Gasteiger partial charge on any atom is 0.405 e. The van der Waals surface area contributed by atoms with E-state index in [2.05, 4.69) is 26.4 Å². The monoisotopic (exact) mass is 392 g/mol. The molecule has 0 saturated carbocycles. The van der Waals surface area contributed by atoms with Crippen molar-refractivity contribution in [3.8, 4) is 22.9 Å². The minimum Gasteiger partial charge on any atom is -0.506 e. The third-order valence-corrected chi connectivity index (χ3v) is 5.38. The van der Waals surface area contributed by atoms with Crippen LogP contribution in [0.1, 0.15) is 25.3 Å². The lowest BCUT2D eigenvalue weighted by atomic mass is 9.90. The normalized spacial score (nSPS) is 15.8. The fourth-order valence-electron chi connectivity index (χ4n) is 3.75. The van der Waals surface area contributed by atoms with Crippen molar-refractivity contribution in [2.45, 2.75) is 25.3 Å². The number of amides is 1. The van der Waals surface area contributed by atoms with Crippen LogP contribution in [0.5, 0.6) is 5.75 Å². The number of fused-ring (bicyclic) bond motifs is 1. The van der Waals surface area contributed by atoms with Crippen LogP contribution < -0.4 is 10.2 Å². The van der Waals surface area contributed by atoms with E-state index in [1.165, 1.54) is 16.9 Å². The molecule has 0 spiro atoms. The Labute approximate surface area is 166 Å². The summed E-state index contributed by atoms with van der Waals surface area (Å²) < 4.78 is 1.48. The molecule has 3 aromatic heterocycles. The SMILES string of the molecule is CC1(NC(=O)O)CCN(c2ccc(-c3cc(O)cn4ncc(C#N)c34)cn2)CC1. The maximum atomic E-state index is 11.0. The van der Waals surface area contributed by atoms with Crippen molar-refractivity contribution in [3.05, 3.63) is 42.4 Å². The Hall–Kier alpha value is -3.80. The molecule has 0 aromatic carbocycles. The van der Waals surface area contributed by atoms with E-state index < -0.39 is 11.6 Å². The summed E-state index contributed by atoms with van der Waals surface area (Å²) in [5.74, 6) is 0.849. The zero-order valence-corrected chi connectivity index (χ0v) is 15.8. The van der Waals surface area contributed by atoms with Crippen molar-refractivity contribution in [1.82, 2.24) is 19.9 Å². The van der Waals surface area contributed by atoms with Gasteiger partial charge in [0.25, 0.3) is 0 Å². The van der Waals surface area contributed by atoms with Gasteiger partial charge in [0, 0.05) is 36.0 Å². The Morgan fingerprint density at radius 2 is 2.07 bits per heavy atom. The predicted octanol–water partition coefficient (Wildman–Crippen LogP) is 2.60. The van der Waals surface area contributed by atoms with E-state index in [-0.39, 0.29) is 5.75 Å². The summed E-state index contributed by atoms with van der Waals surface area (Å²) in [5.41, 5.74) is 2.06. The average Bonchev–Trinajstić information content (AvgIpc) is 3.10. The van der Waals surface area contributed by atoms with Crippen LogP contribution in [0.2, 0.25) is 0 Å². The minimum atomic E-state index is -1.00. The quantitative estimate of drug-likeness (QED) is 0.625. The second-order valence-electron chi connectivity index (χ2n) is 7.46. The minimum absolute atomic E-state index is 0.0467. The van der Waals surface area contributed by atoms with Gasteiger partial charge in [-0.15, -0.1) is 0 Å². The third kappa shape index (κ3) is 3.52. The van der Waals surface area contributed by atoms with Gasteiger partial charge in [0.1, 0.15) is 17.6 Å². The van der Waals surface area contributed by atoms with Crippen molar-refractivity contribution < 1.29 is 15.0 Å². The van der Waals surface area contributed by atoms with Crippen molar-refractivity contribution >= 4 is 17.4 Å². The Morgan fingerprint density at radius 1 is 1.31 bits per heavy atom. The molecule has 1 aliphatic heterocycles. The van der Waals surface area contributed by atoms with Crippen LogP contribution in [-0.2, 0) is 0 Å². The largest absolute Gasteiger partial charge is 0.506 e. The molecular weight excluding hydrogens is 372 g/mol. The molecule has 0 atom stereocenters. The number of carbonyl (C=O) groups is 1. The van der Waals surface area contributed by atoms with Crippen LogP contribution in [0.25, 0.3) is 16.6 Å². The number of aromatic nitrogens is 3. The predicted molar refractivity (Wildman–Crippen MR) is 106 cm³/mol. The second kappa shape index (κ2) is 6.98. The number of aromatic hydroxyl groups is 1. The first kappa shape index (κ1) is 18.6. The molecule has 9 nitrogen and oxygen atoms in total. The van der Waals surface area contributed by atoms with E-state index in [1.54, 1.807) is 12.3 Å². The zero-order chi connectivity index (χ0) is 20.6. The van der Waals surface area contributed by atoms with Crippen molar-refractivity contribution in [1.29, 1.82) is 5.26 Å². The third-order valence-electron chi connectivity index (χ3n) is 5.38. The van der Waals surface area contributed by atoms with E-state index in [1.807, 2.05) is 19.1 Å². The van der Waals surface area contributed by atoms with Gasteiger partial charge in [0.15, 0.2) is 0 Å². The van der Waals surface area contributed by atoms with Gasteiger partial charge in [0.05, 0.1) is 23.5 Å². The molecule has 9 heteroatoms. The molecule has 3 N–H and O–H groups in total. The highest BCUT2D eigenvalue weighted by atomic mass is 16.4. The molecule has 0 bridgehead atoms.